The van der Waals surface area contributed by atoms with Gasteiger partial charge >= 0.3 is 0 Å². The lowest BCUT2D eigenvalue weighted by Crippen LogP contribution is -2.00. The fourth-order valence-corrected chi connectivity index (χ4v) is 2.27. The van der Waals surface area contributed by atoms with Crippen LogP contribution in [-0.2, 0) is 6.54 Å². The van der Waals surface area contributed by atoms with Gasteiger partial charge in [0.2, 0.25) is 0 Å². The van der Waals surface area contributed by atoms with E-state index in [1.165, 1.54) is 4.90 Å². The van der Waals surface area contributed by atoms with Crippen molar-refractivity contribution in [3.05, 3.63) is 53.6 Å². The molecule has 1 N–H and O–H groups in total. The van der Waals surface area contributed by atoms with E-state index < -0.39 is 0 Å². The van der Waals surface area contributed by atoms with Crippen LogP contribution in [0.3, 0.4) is 0 Å². The molecule has 0 saturated heterocycles. The third-order valence-corrected chi connectivity index (χ3v) is 3.71. The molecular formula is C16H16N2OS. The summed E-state index contributed by atoms with van der Waals surface area (Å²) in [5.74, 6) is 0.612. The zero-order valence-electron chi connectivity index (χ0n) is 11.5. The highest BCUT2D eigenvalue weighted by Crippen LogP contribution is 2.21. The molecule has 2 rings (SSSR count). The van der Waals surface area contributed by atoms with E-state index in [9.17, 15) is 0 Å². The van der Waals surface area contributed by atoms with Crippen molar-refractivity contribution in [1.29, 1.82) is 5.26 Å². The molecule has 0 aromatic heterocycles. The number of nitrogens with zero attached hydrogens (tertiary/aromatic N) is 1. The van der Waals surface area contributed by atoms with Gasteiger partial charge < -0.3 is 10.1 Å². The molecule has 102 valence electrons. The standard InChI is InChI=1S/C16H16N2OS/c1-19-16-8-3-12(9-13(16)10-17)11-18-14-4-6-15(20-2)7-5-14/h3-9,18H,11H2,1-2H3. The minimum Gasteiger partial charge on any atom is -0.495 e. The van der Waals surface area contributed by atoms with Gasteiger partial charge in [-0.3, -0.25) is 0 Å². The van der Waals surface area contributed by atoms with Gasteiger partial charge in [0.05, 0.1) is 12.7 Å². The molecule has 0 heterocycles. The number of benzene rings is 2. The van der Waals surface area contributed by atoms with Crippen molar-refractivity contribution in [2.24, 2.45) is 0 Å². The zero-order chi connectivity index (χ0) is 14.4. The van der Waals surface area contributed by atoms with Gasteiger partial charge in [-0.15, -0.1) is 11.8 Å². The third kappa shape index (κ3) is 3.46. The number of hydrogen-bond acceptors (Lipinski definition) is 4. The Hall–Kier alpha value is -2.12. The first kappa shape index (κ1) is 14.3. The Labute approximate surface area is 123 Å². The van der Waals surface area contributed by atoms with Gasteiger partial charge in [-0.25, -0.2) is 0 Å². The lowest BCUT2D eigenvalue weighted by atomic mass is 10.1. The highest BCUT2D eigenvalue weighted by atomic mass is 32.2. The minimum atomic E-state index is 0.560. The molecule has 0 aliphatic carbocycles. The molecule has 0 fully saturated rings. The number of nitrogens with one attached hydrogen (secondary N) is 1. The highest BCUT2D eigenvalue weighted by Gasteiger charge is 2.03. The summed E-state index contributed by atoms with van der Waals surface area (Å²) in [7, 11) is 1.57. The van der Waals surface area contributed by atoms with Crippen LogP contribution in [0.5, 0.6) is 5.75 Å². The summed E-state index contributed by atoms with van der Waals surface area (Å²) in [6.45, 7) is 0.678. The van der Waals surface area contributed by atoms with Crippen LogP contribution in [0.15, 0.2) is 47.4 Å². The summed E-state index contributed by atoms with van der Waals surface area (Å²) in [4.78, 5) is 1.24. The Bertz CT molecular complexity index is 617. The van der Waals surface area contributed by atoms with E-state index in [0.717, 1.165) is 11.3 Å². The van der Waals surface area contributed by atoms with Gasteiger partial charge in [-0.2, -0.15) is 5.26 Å². The Morgan fingerprint density at radius 2 is 1.95 bits per heavy atom. The van der Waals surface area contributed by atoms with Crippen LogP contribution in [0.1, 0.15) is 11.1 Å². The summed E-state index contributed by atoms with van der Waals surface area (Å²) in [5.41, 5.74) is 2.68. The highest BCUT2D eigenvalue weighted by molar-refractivity contribution is 7.98. The van der Waals surface area contributed by atoms with E-state index in [1.54, 1.807) is 18.9 Å². The van der Waals surface area contributed by atoms with Crippen molar-refractivity contribution >= 4 is 17.4 Å². The van der Waals surface area contributed by atoms with Gasteiger partial charge in [0.1, 0.15) is 11.8 Å². The molecule has 0 spiro atoms. The lowest BCUT2D eigenvalue weighted by molar-refractivity contribution is 0.413. The molecule has 0 amide bonds. The van der Waals surface area contributed by atoms with Crippen LogP contribution in [-0.4, -0.2) is 13.4 Å². The fourth-order valence-electron chi connectivity index (χ4n) is 1.87. The van der Waals surface area contributed by atoms with E-state index in [0.29, 0.717) is 17.9 Å². The Kier molecular flexibility index (Phi) is 4.91. The SMILES string of the molecule is COc1ccc(CNc2ccc(SC)cc2)cc1C#N. The number of nitriles is 1. The van der Waals surface area contributed by atoms with Crippen LogP contribution >= 0.6 is 11.8 Å². The number of methoxy groups -OCH3 is 1. The maximum absolute atomic E-state index is 9.06. The van der Waals surface area contributed by atoms with Gasteiger partial charge in [0.25, 0.3) is 0 Å². The Morgan fingerprint density at radius 1 is 1.20 bits per heavy atom. The molecule has 2 aromatic carbocycles. The minimum absolute atomic E-state index is 0.560. The first-order valence-corrected chi connectivity index (χ1v) is 7.44. The number of anilines is 1. The van der Waals surface area contributed by atoms with Crippen molar-refractivity contribution < 1.29 is 4.74 Å². The van der Waals surface area contributed by atoms with Gasteiger partial charge in [0.15, 0.2) is 0 Å². The summed E-state index contributed by atoms with van der Waals surface area (Å²) < 4.78 is 5.13. The largest absolute Gasteiger partial charge is 0.495 e. The fraction of sp³-hybridized carbons (Fsp3) is 0.188. The number of thioether (sulfide) groups is 1. The molecule has 3 nitrogen and oxygen atoms in total. The molecule has 2 aromatic rings. The summed E-state index contributed by atoms with van der Waals surface area (Å²) in [5, 5.41) is 12.4. The topological polar surface area (TPSA) is 45.0 Å². The molecule has 0 atom stereocenters. The summed E-state index contributed by atoms with van der Waals surface area (Å²) in [6.07, 6.45) is 2.06. The molecule has 0 saturated carbocycles. The first-order valence-electron chi connectivity index (χ1n) is 6.21. The van der Waals surface area contributed by atoms with E-state index >= 15 is 0 Å². The van der Waals surface area contributed by atoms with Gasteiger partial charge in [-0.1, -0.05) is 6.07 Å². The second-order valence-electron chi connectivity index (χ2n) is 4.23. The maximum Gasteiger partial charge on any atom is 0.136 e. The van der Waals surface area contributed by atoms with Crippen molar-refractivity contribution in [3.8, 4) is 11.8 Å². The second kappa shape index (κ2) is 6.88. The van der Waals surface area contributed by atoms with E-state index in [2.05, 4.69) is 41.9 Å². The average molecular weight is 284 g/mol. The van der Waals surface area contributed by atoms with Crippen molar-refractivity contribution in [2.45, 2.75) is 11.4 Å². The smallest absolute Gasteiger partial charge is 0.136 e. The molecule has 0 aliphatic heterocycles. The van der Waals surface area contributed by atoms with E-state index in [-0.39, 0.29) is 0 Å². The van der Waals surface area contributed by atoms with Gasteiger partial charge in [-0.05, 0) is 48.2 Å². The second-order valence-corrected chi connectivity index (χ2v) is 5.11. The third-order valence-electron chi connectivity index (χ3n) is 2.97. The number of rotatable bonds is 5. The number of ether oxygens (including phenoxy) is 1. The monoisotopic (exact) mass is 284 g/mol. The van der Waals surface area contributed by atoms with Gasteiger partial charge in [0, 0.05) is 17.1 Å². The number of hydrogen-bond donors (Lipinski definition) is 1. The molecule has 0 radical (unpaired) electrons. The Morgan fingerprint density at radius 3 is 2.55 bits per heavy atom. The molecule has 0 unspecified atom stereocenters. The molecule has 0 bridgehead atoms. The molecule has 4 heteroatoms. The Balaban J connectivity index is 2.05. The van der Waals surface area contributed by atoms with Crippen molar-refractivity contribution in [1.82, 2.24) is 0 Å². The maximum atomic E-state index is 9.06. The van der Waals surface area contributed by atoms with E-state index in [1.807, 2.05) is 18.2 Å². The van der Waals surface area contributed by atoms with Crippen LogP contribution in [0, 0.1) is 11.3 Å². The summed E-state index contributed by atoms with van der Waals surface area (Å²) in [6, 6.07) is 16.1. The molecular weight excluding hydrogens is 268 g/mol. The lowest BCUT2D eigenvalue weighted by Gasteiger charge is -2.09. The van der Waals surface area contributed by atoms with Crippen LogP contribution in [0.4, 0.5) is 5.69 Å². The van der Waals surface area contributed by atoms with Crippen molar-refractivity contribution in [2.75, 3.05) is 18.7 Å². The van der Waals surface area contributed by atoms with E-state index in [4.69, 9.17) is 10.00 Å². The quantitative estimate of drug-likeness (QED) is 0.846. The zero-order valence-corrected chi connectivity index (χ0v) is 12.3. The molecule has 0 aliphatic rings. The predicted octanol–water partition coefficient (Wildman–Crippen LogP) is 3.90. The van der Waals surface area contributed by atoms with Crippen molar-refractivity contribution in [3.63, 3.8) is 0 Å². The first-order chi connectivity index (χ1) is 9.76. The normalized spacial score (nSPS) is 9.85. The van der Waals surface area contributed by atoms with Crippen LogP contribution in [0.2, 0.25) is 0 Å². The van der Waals surface area contributed by atoms with Crippen LogP contribution in [0.25, 0.3) is 0 Å². The summed E-state index contributed by atoms with van der Waals surface area (Å²) >= 11 is 1.72. The predicted molar refractivity (Wildman–Crippen MR) is 83.3 cm³/mol. The molecule has 20 heavy (non-hydrogen) atoms. The average Bonchev–Trinajstić information content (AvgIpc) is 2.53. The van der Waals surface area contributed by atoms with Crippen LogP contribution < -0.4 is 10.1 Å².